The maximum absolute atomic E-state index is 5.65. The molecule has 18 heavy (non-hydrogen) atoms. The van der Waals surface area contributed by atoms with Gasteiger partial charge in [0.1, 0.15) is 5.75 Å². The average Bonchev–Trinajstić information content (AvgIpc) is 2.42. The summed E-state index contributed by atoms with van der Waals surface area (Å²) >= 11 is 5.64. The summed E-state index contributed by atoms with van der Waals surface area (Å²) in [5.41, 5.74) is 0. The van der Waals surface area contributed by atoms with Crippen LogP contribution in [0.15, 0.2) is 30.3 Å². The summed E-state index contributed by atoms with van der Waals surface area (Å²) in [5, 5.41) is 0. The predicted molar refractivity (Wildman–Crippen MR) is 79.6 cm³/mol. The monoisotopic (exact) mass is 268 g/mol. The van der Waals surface area contributed by atoms with Gasteiger partial charge in [0.15, 0.2) is 0 Å². The molecule has 1 nitrogen and oxygen atoms in total. The molecule has 2 heteroatoms. The van der Waals surface area contributed by atoms with Gasteiger partial charge < -0.3 is 4.74 Å². The summed E-state index contributed by atoms with van der Waals surface area (Å²) in [6.45, 7) is 0.844. The van der Waals surface area contributed by atoms with Crippen molar-refractivity contribution in [2.75, 3.05) is 12.5 Å². The van der Waals surface area contributed by atoms with Gasteiger partial charge in [0.2, 0.25) is 0 Å². The third-order valence-corrected chi connectivity index (χ3v) is 3.31. The quantitative estimate of drug-likeness (QED) is 0.384. The van der Waals surface area contributed by atoms with Crippen LogP contribution >= 0.6 is 11.6 Å². The second-order valence-corrected chi connectivity index (χ2v) is 5.06. The molecular formula is C16H25ClO. The first kappa shape index (κ1) is 15.4. The van der Waals surface area contributed by atoms with E-state index in [4.69, 9.17) is 16.3 Å². The molecule has 102 valence electrons. The molecule has 0 amide bonds. The lowest BCUT2D eigenvalue weighted by Crippen LogP contribution is -1.96. The molecule has 0 bridgehead atoms. The summed E-state index contributed by atoms with van der Waals surface area (Å²) < 4.78 is 5.65. The number of alkyl halides is 1. The standard InChI is InChI=1S/C16H25ClO/c17-14-10-5-3-1-2-4-6-11-15-18-16-12-8-7-9-13-16/h7-9,12-13H,1-6,10-11,14-15H2. The molecule has 0 atom stereocenters. The van der Waals surface area contributed by atoms with Gasteiger partial charge in [-0.1, -0.05) is 56.7 Å². The topological polar surface area (TPSA) is 9.23 Å². The fraction of sp³-hybridized carbons (Fsp3) is 0.625. The summed E-state index contributed by atoms with van der Waals surface area (Å²) in [7, 11) is 0. The van der Waals surface area contributed by atoms with Gasteiger partial charge in [-0.2, -0.15) is 0 Å². The highest BCUT2D eigenvalue weighted by atomic mass is 35.5. The Balaban J connectivity index is 1.82. The highest BCUT2D eigenvalue weighted by Crippen LogP contribution is 2.11. The molecule has 0 saturated carbocycles. The van der Waals surface area contributed by atoms with Gasteiger partial charge in [-0.15, -0.1) is 11.6 Å². The number of rotatable bonds is 11. The van der Waals surface area contributed by atoms with Crippen LogP contribution in [0.1, 0.15) is 51.4 Å². The maximum atomic E-state index is 5.65. The number of unbranched alkanes of at least 4 members (excludes halogenated alkanes) is 7. The van der Waals surface area contributed by atoms with Crippen LogP contribution in [0.4, 0.5) is 0 Å². The Morgan fingerprint density at radius 2 is 1.28 bits per heavy atom. The minimum atomic E-state index is 0.816. The first-order valence-electron chi connectivity index (χ1n) is 7.17. The summed E-state index contributed by atoms with van der Waals surface area (Å²) in [6, 6.07) is 10.1. The maximum Gasteiger partial charge on any atom is 0.119 e. The Labute approximate surface area is 116 Å². The van der Waals surface area contributed by atoms with E-state index < -0.39 is 0 Å². The molecule has 0 spiro atoms. The van der Waals surface area contributed by atoms with Crippen LogP contribution in [-0.2, 0) is 0 Å². The first-order chi connectivity index (χ1) is 8.93. The molecule has 0 unspecified atom stereocenters. The molecule has 0 heterocycles. The zero-order chi connectivity index (χ0) is 12.9. The summed E-state index contributed by atoms with van der Waals surface area (Å²) in [6.07, 6.45) is 10.3. The third kappa shape index (κ3) is 8.41. The molecule has 1 aromatic rings. The zero-order valence-corrected chi connectivity index (χ0v) is 12.0. The largest absolute Gasteiger partial charge is 0.494 e. The Morgan fingerprint density at radius 1 is 0.722 bits per heavy atom. The molecule has 1 aromatic carbocycles. The summed E-state index contributed by atoms with van der Waals surface area (Å²) in [4.78, 5) is 0. The van der Waals surface area contributed by atoms with Crippen molar-refractivity contribution in [1.82, 2.24) is 0 Å². The van der Waals surface area contributed by atoms with Crippen molar-refractivity contribution in [1.29, 1.82) is 0 Å². The van der Waals surface area contributed by atoms with E-state index >= 15 is 0 Å². The molecule has 1 rings (SSSR count). The fourth-order valence-corrected chi connectivity index (χ4v) is 2.15. The van der Waals surface area contributed by atoms with Crippen molar-refractivity contribution in [3.05, 3.63) is 30.3 Å². The van der Waals surface area contributed by atoms with Crippen molar-refractivity contribution < 1.29 is 4.74 Å². The first-order valence-corrected chi connectivity index (χ1v) is 7.71. The molecule has 0 saturated heterocycles. The Kier molecular flexibility index (Phi) is 9.74. The van der Waals surface area contributed by atoms with E-state index in [9.17, 15) is 0 Å². The molecular weight excluding hydrogens is 244 g/mol. The van der Waals surface area contributed by atoms with Crippen LogP contribution in [0.3, 0.4) is 0 Å². The van der Waals surface area contributed by atoms with E-state index in [1.54, 1.807) is 0 Å². The van der Waals surface area contributed by atoms with Gasteiger partial charge in [-0.05, 0) is 25.0 Å². The van der Waals surface area contributed by atoms with E-state index in [1.807, 2.05) is 30.3 Å². The highest BCUT2D eigenvalue weighted by molar-refractivity contribution is 6.17. The molecule has 0 aliphatic heterocycles. The van der Waals surface area contributed by atoms with Crippen LogP contribution in [-0.4, -0.2) is 12.5 Å². The normalized spacial score (nSPS) is 10.5. The number of hydrogen-bond acceptors (Lipinski definition) is 1. The van der Waals surface area contributed by atoms with Crippen molar-refractivity contribution >= 4 is 11.6 Å². The van der Waals surface area contributed by atoms with Gasteiger partial charge in [0, 0.05) is 5.88 Å². The second-order valence-electron chi connectivity index (χ2n) is 4.68. The van der Waals surface area contributed by atoms with E-state index in [1.165, 1.54) is 44.9 Å². The SMILES string of the molecule is ClCCCCCCCCCCOc1ccccc1. The Bertz CT molecular complexity index is 274. The molecule has 0 aliphatic carbocycles. The van der Waals surface area contributed by atoms with Gasteiger partial charge in [0.05, 0.1) is 6.61 Å². The average molecular weight is 269 g/mol. The van der Waals surface area contributed by atoms with Crippen LogP contribution < -0.4 is 4.74 Å². The number of halogens is 1. The van der Waals surface area contributed by atoms with Gasteiger partial charge in [-0.25, -0.2) is 0 Å². The van der Waals surface area contributed by atoms with Crippen molar-refractivity contribution in [3.8, 4) is 5.75 Å². The van der Waals surface area contributed by atoms with Crippen LogP contribution in [0.25, 0.3) is 0 Å². The zero-order valence-electron chi connectivity index (χ0n) is 11.2. The molecule has 0 aliphatic rings. The van der Waals surface area contributed by atoms with E-state index in [0.29, 0.717) is 0 Å². The van der Waals surface area contributed by atoms with Crippen molar-refractivity contribution in [2.24, 2.45) is 0 Å². The predicted octanol–water partition coefficient (Wildman–Crippen LogP) is 5.43. The van der Waals surface area contributed by atoms with Crippen LogP contribution in [0, 0.1) is 0 Å². The van der Waals surface area contributed by atoms with Gasteiger partial charge in [0.25, 0.3) is 0 Å². The van der Waals surface area contributed by atoms with Crippen molar-refractivity contribution in [2.45, 2.75) is 51.4 Å². The highest BCUT2D eigenvalue weighted by Gasteiger charge is 1.94. The molecule has 0 N–H and O–H groups in total. The van der Waals surface area contributed by atoms with Crippen LogP contribution in [0.5, 0.6) is 5.75 Å². The minimum absolute atomic E-state index is 0.816. The Hall–Kier alpha value is -0.690. The lowest BCUT2D eigenvalue weighted by molar-refractivity contribution is 0.304. The van der Waals surface area contributed by atoms with Crippen LogP contribution in [0.2, 0.25) is 0 Å². The molecule has 0 fully saturated rings. The second kappa shape index (κ2) is 11.4. The third-order valence-electron chi connectivity index (χ3n) is 3.04. The number of para-hydroxylation sites is 1. The number of benzene rings is 1. The molecule has 0 radical (unpaired) electrons. The van der Waals surface area contributed by atoms with E-state index in [2.05, 4.69) is 0 Å². The number of ether oxygens (including phenoxy) is 1. The number of hydrogen-bond donors (Lipinski definition) is 0. The van der Waals surface area contributed by atoms with Gasteiger partial charge in [-0.3, -0.25) is 0 Å². The summed E-state index contributed by atoms with van der Waals surface area (Å²) in [5.74, 6) is 1.80. The Morgan fingerprint density at radius 3 is 1.89 bits per heavy atom. The lowest BCUT2D eigenvalue weighted by atomic mass is 10.1. The minimum Gasteiger partial charge on any atom is -0.494 e. The van der Waals surface area contributed by atoms with E-state index in [0.717, 1.165) is 24.7 Å². The van der Waals surface area contributed by atoms with Crippen molar-refractivity contribution in [3.63, 3.8) is 0 Å². The lowest BCUT2D eigenvalue weighted by Gasteiger charge is -2.05. The van der Waals surface area contributed by atoms with E-state index in [-0.39, 0.29) is 0 Å². The molecule has 0 aromatic heterocycles. The fourth-order valence-electron chi connectivity index (χ4n) is 1.96. The smallest absolute Gasteiger partial charge is 0.119 e. The van der Waals surface area contributed by atoms with Gasteiger partial charge >= 0.3 is 0 Å².